The zero-order valence-electron chi connectivity index (χ0n) is 10.3. The molecule has 0 radical (unpaired) electrons. The van der Waals surface area contributed by atoms with Crippen molar-refractivity contribution in [1.82, 2.24) is 5.32 Å². The van der Waals surface area contributed by atoms with E-state index < -0.39 is 0 Å². The first-order valence-electron chi connectivity index (χ1n) is 5.84. The van der Waals surface area contributed by atoms with Gasteiger partial charge in [0.05, 0.1) is 25.7 Å². The number of rotatable bonds is 5. The summed E-state index contributed by atoms with van der Waals surface area (Å²) in [6.07, 6.45) is 0. The largest absolute Gasteiger partial charge is 0.496 e. The van der Waals surface area contributed by atoms with E-state index in [0.717, 1.165) is 24.4 Å². The molecule has 1 N–H and O–H groups in total. The van der Waals surface area contributed by atoms with Gasteiger partial charge in [0, 0.05) is 12.1 Å². The normalized spacial score (nSPS) is 17.6. The molecule has 0 unspecified atom stereocenters. The summed E-state index contributed by atoms with van der Waals surface area (Å²) in [4.78, 5) is 0. The number of ether oxygens (including phenoxy) is 2. The maximum atomic E-state index is 13.4. The zero-order chi connectivity index (χ0) is 12.3. The van der Waals surface area contributed by atoms with E-state index in [2.05, 4.69) is 12.2 Å². The van der Waals surface area contributed by atoms with Crippen molar-refractivity contribution in [3.63, 3.8) is 0 Å². The summed E-state index contributed by atoms with van der Waals surface area (Å²) in [6.45, 7) is 4.94. The van der Waals surface area contributed by atoms with Crippen LogP contribution in [0.3, 0.4) is 0 Å². The molecule has 0 aliphatic carbocycles. The van der Waals surface area contributed by atoms with E-state index in [-0.39, 0.29) is 11.2 Å². The van der Waals surface area contributed by atoms with Gasteiger partial charge in [0.15, 0.2) is 0 Å². The topological polar surface area (TPSA) is 30.5 Å². The summed E-state index contributed by atoms with van der Waals surface area (Å²) in [5.41, 5.74) is 0.746. The zero-order valence-corrected chi connectivity index (χ0v) is 10.3. The molecule has 1 aromatic carbocycles. The lowest BCUT2D eigenvalue weighted by Crippen LogP contribution is -2.53. The van der Waals surface area contributed by atoms with Crippen molar-refractivity contribution in [3.05, 3.63) is 29.6 Å². The molecule has 1 saturated heterocycles. The molecular formula is C13H18FNO2. The number of halogens is 1. The minimum atomic E-state index is -0.233. The van der Waals surface area contributed by atoms with Gasteiger partial charge in [0.1, 0.15) is 11.6 Å². The van der Waals surface area contributed by atoms with Crippen LogP contribution in [0.5, 0.6) is 5.75 Å². The number of hydrogen-bond donors (Lipinski definition) is 1. The third-order valence-corrected chi connectivity index (χ3v) is 3.20. The van der Waals surface area contributed by atoms with Crippen molar-refractivity contribution < 1.29 is 13.9 Å². The molecule has 17 heavy (non-hydrogen) atoms. The average Bonchev–Trinajstić information content (AvgIpc) is 2.28. The summed E-state index contributed by atoms with van der Waals surface area (Å²) in [5.74, 6) is 0.496. The Labute approximate surface area is 101 Å². The first kappa shape index (κ1) is 12.3. The van der Waals surface area contributed by atoms with Crippen LogP contribution in [0.15, 0.2) is 18.2 Å². The van der Waals surface area contributed by atoms with E-state index in [1.165, 1.54) is 6.07 Å². The molecule has 94 valence electrons. The second-order valence-corrected chi connectivity index (χ2v) is 4.40. The van der Waals surface area contributed by atoms with E-state index >= 15 is 0 Å². The van der Waals surface area contributed by atoms with Crippen LogP contribution in [0.1, 0.15) is 12.5 Å². The van der Waals surface area contributed by atoms with Gasteiger partial charge in [0.25, 0.3) is 0 Å². The van der Waals surface area contributed by atoms with Gasteiger partial charge in [-0.25, -0.2) is 4.39 Å². The minimum Gasteiger partial charge on any atom is -0.496 e. The van der Waals surface area contributed by atoms with Crippen molar-refractivity contribution >= 4 is 0 Å². The number of likely N-dealkylation sites (N-methyl/N-ethyl adjacent to an activating group) is 1. The van der Waals surface area contributed by atoms with Gasteiger partial charge in [-0.05, 0) is 24.7 Å². The first-order chi connectivity index (χ1) is 8.22. The molecule has 0 amide bonds. The quantitative estimate of drug-likeness (QED) is 0.848. The monoisotopic (exact) mass is 239 g/mol. The molecule has 1 fully saturated rings. The van der Waals surface area contributed by atoms with E-state index in [1.54, 1.807) is 19.2 Å². The Balaban J connectivity index is 2.32. The smallest absolute Gasteiger partial charge is 0.123 e. The number of hydrogen-bond acceptors (Lipinski definition) is 3. The molecule has 0 saturated carbocycles. The predicted octanol–water partition coefficient (Wildman–Crippen LogP) is 1.71. The highest BCUT2D eigenvalue weighted by Crippen LogP contribution is 2.37. The molecule has 1 aromatic rings. The highest BCUT2D eigenvalue weighted by Gasteiger charge is 2.42. The van der Waals surface area contributed by atoms with Gasteiger partial charge in [0.2, 0.25) is 0 Å². The molecular weight excluding hydrogens is 221 g/mol. The number of methoxy groups -OCH3 is 1. The fourth-order valence-corrected chi connectivity index (χ4v) is 2.16. The molecule has 1 aliphatic heterocycles. The van der Waals surface area contributed by atoms with Gasteiger partial charge >= 0.3 is 0 Å². The summed E-state index contributed by atoms with van der Waals surface area (Å²) >= 11 is 0. The molecule has 1 heterocycles. The summed E-state index contributed by atoms with van der Waals surface area (Å²) in [5, 5.41) is 3.30. The third kappa shape index (κ3) is 2.28. The van der Waals surface area contributed by atoms with Gasteiger partial charge in [-0.2, -0.15) is 0 Å². The Morgan fingerprint density at radius 1 is 1.47 bits per heavy atom. The van der Waals surface area contributed by atoms with Crippen LogP contribution in [0.25, 0.3) is 0 Å². The molecule has 2 rings (SSSR count). The van der Waals surface area contributed by atoms with Gasteiger partial charge in [-0.15, -0.1) is 0 Å². The van der Waals surface area contributed by atoms with Crippen molar-refractivity contribution in [2.45, 2.75) is 12.3 Å². The van der Waals surface area contributed by atoms with Crippen LogP contribution < -0.4 is 10.1 Å². The minimum absolute atomic E-state index is 0.149. The summed E-state index contributed by atoms with van der Waals surface area (Å²) in [7, 11) is 1.61. The van der Waals surface area contributed by atoms with E-state index in [1.807, 2.05) is 0 Å². The Bertz CT molecular complexity index is 391. The van der Waals surface area contributed by atoms with Gasteiger partial charge in [-0.3, -0.25) is 0 Å². The van der Waals surface area contributed by atoms with E-state index in [4.69, 9.17) is 9.47 Å². The summed E-state index contributed by atoms with van der Waals surface area (Å²) < 4.78 is 24.0. The lowest BCUT2D eigenvalue weighted by Gasteiger charge is -2.42. The van der Waals surface area contributed by atoms with Crippen molar-refractivity contribution in [2.75, 3.05) is 33.4 Å². The fraction of sp³-hybridized carbons (Fsp3) is 0.538. The number of nitrogens with one attached hydrogen (secondary N) is 1. The fourth-order valence-electron chi connectivity index (χ4n) is 2.16. The van der Waals surface area contributed by atoms with E-state index in [9.17, 15) is 4.39 Å². The van der Waals surface area contributed by atoms with Crippen LogP contribution >= 0.6 is 0 Å². The molecule has 0 atom stereocenters. The third-order valence-electron chi connectivity index (χ3n) is 3.20. The lowest BCUT2D eigenvalue weighted by molar-refractivity contribution is -0.0598. The van der Waals surface area contributed by atoms with Crippen LogP contribution in [-0.4, -0.2) is 33.4 Å². The first-order valence-corrected chi connectivity index (χ1v) is 5.84. The Kier molecular flexibility index (Phi) is 3.64. The van der Waals surface area contributed by atoms with E-state index in [0.29, 0.717) is 13.2 Å². The van der Waals surface area contributed by atoms with Crippen molar-refractivity contribution in [1.29, 1.82) is 0 Å². The molecule has 0 aromatic heterocycles. The van der Waals surface area contributed by atoms with Crippen molar-refractivity contribution in [2.24, 2.45) is 0 Å². The molecule has 3 nitrogen and oxygen atoms in total. The van der Waals surface area contributed by atoms with Crippen LogP contribution in [0, 0.1) is 5.82 Å². The Morgan fingerprint density at radius 2 is 2.24 bits per heavy atom. The Morgan fingerprint density at radius 3 is 2.76 bits per heavy atom. The highest BCUT2D eigenvalue weighted by atomic mass is 19.1. The molecule has 1 aliphatic rings. The Hall–Kier alpha value is -1.13. The van der Waals surface area contributed by atoms with Crippen LogP contribution in [0.4, 0.5) is 4.39 Å². The SMILES string of the molecule is CCNCC1(c2cc(F)ccc2OC)COC1. The second kappa shape index (κ2) is 5.02. The second-order valence-electron chi connectivity index (χ2n) is 4.40. The van der Waals surface area contributed by atoms with Gasteiger partial charge < -0.3 is 14.8 Å². The molecule has 4 heteroatoms. The standard InChI is InChI=1S/C13H18FNO2/c1-3-15-7-13(8-17-9-13)11-6-10(14)4-5-12(11)16-2/h4-6,15H,3,7-9H2,1-2H3. The molecule has 0 bridgehead atoms. The number of benzene rings is 1. The van der Waals surface area contributed by atoms with Crippen molar-refractivity contribution in [3.8, 4) is 5.75 Å². The van der Waals surface area contributed by atoms with Gasteiger partial charge in [-0.1, -0.05) is 6.92 Å². The maximum absolute atomic E-state index is 13.4. The maximum Gasteiger partial charge on any atom is 0.123 e. The van der Waals surface area contributed by atoms with Crippen LogP contribution in [0.2, 0.25) is 0 Å². The predicted molar refractivity (Wildman–Crippen MR) is 64.0 cm³/mol. The summed E-state index contributed by atoms with van der Waals surface area (Å²) in [6, 6.07) is 4.65. The average molecular weight is 239 g/mol. The molecule has 0 spiro atoms. The van der Waals surface area contributed by atoms with Crippen LogP contribution in [-0.2, 0) is 10.2 Å². The lowest BCUT2D eigenvalue weighted by atomic mass is 9.78. The highest BCUT2D eigenvalue weighted by molar-refractivity contribution is 5.42.